The number of aromatic nitrogens is 3. The smallest absolute Gasteiger partial charge is 0.158 e. The van der Waals surface area contributed by atoms with Crippen LogP contribution in [0.5, 0.6) is 11.5 Å². The van der Waals surface area contributed by atoms with Gasteiger partial charge in [-0.15, -0.1) is 0 Å². The molecule has 4 aromatic rings. The average Bonchev–Trinajstić information content (AvgIpc) is 3.19. The van der Waals surface area contributed by atoms with E-state index in [1.807, 2.05) is 42.5 Å². The van der Waals surface area contributed by atoms with Crippen LogP contribution in [0.4, 0.5) is 0 Å². The van der Waals surface area contributed by atoms with Gasteiger partial charge in [-0.3, -0.25) is 4.98 Å². The first-order chi connectivity index (χ1) is 14.6. The molecule has 0 amide bonds. The molecular weight excluding hydrogens is 394 g/mol. The van der Waals surface area contributed by atoms with Gasteiger partial charge in [0.1, 0.15) is 11.5 Å². The van der Waals surface area contributed by atoms with Crippen LogP contribution < -0.4 is 4.74 Å². The van der Waals surface area contributed by atoms with Gasteiger partial charge in [0.15, 0.2) is 16.6 Å². The maximum atomic E-state index is 13.0. The van der Waals surface area contributed by atoms with Gasteiger partial charge in [0, 0.05) is 18.1 Å². The van der Waals surface area contributed by atoms with Crippen molar-refractivity contribution >= 4 is 22.0 Å². The molecule has 5 rings (SSSR count). The Hall–Kier alpha value is -2.99. The van der Waals surface area contributed by atoms with Crippen LogP contribution in [0.2, 0.25) is 0 Å². The summed E-state index contributed by atoms with van der Waals surface area (Å²) in [6, 6.07) is 15.2. The number of ether oxygens (including phenoxy) is 1. The van der Waals surface area contributed by atoms with Crippen molar-refractivity contribution in [2.75, 3.05) is 0 Å². The van der Waals surface area contributed by atoms with Crippen LogP contribution >= 0.6 is 0 Å². The SMILES string of the molecule is CC1Cc2cc(Oc3ccnc4c3ccn4S(=O)c3ccccc3)cnc2C(C)C1. The summed E-state index contributed by atoms with van der Waals surface area (Å²) < 4.78 is 20.9. The van der Waals surface area contributed by atoms with Gasteiger partial charge in [-0.05, 0) is 60.6 Å². The molecule has 3 unspecified atom stereocenters. The Labute approximate surface area is 178 Å². The Kier molecular flexibility index (Phi) is 4.87. The topological polar surface area (TPSA) is 57.0 Å². The van der Waals surface area contributed by atoms with Gasteiger partial charge >= 0.3 is 0 Å². The largest absolute Gasteiger partial charge is 0.455 e. The Morgan fingerprint density at radius 2 is 1.93 bits per heavy atom. The van der Waals surface area contributed by atoms with E-state index in [4.69, 9.17) is 4.74 Å². The number of nitrogens with zero attached hydrogens (tertiary/aromatic N) is 3. The monoisotopic (exact) mass is 417 g/mol. The van der Waals surface area contributed by atoms with E-state index in [1.165, 1.54) is 17.7 Å². The first-order valence-corrected chi connectivity index (χ1v) is 11.3. The highest BCUT2D eigenvalue weighted by atomic mass is 32.2. The molecule has 0 radical (unpaired) electrons. The van der Waals surface area contributed by atoms with Crippen molar-refractivity contribution in [1.29, 1.82) is 0 Å². The molecule has 3 aromatic heterocycles. The minimum absolute atomic E-state index is 0.479. The molecule has 152 valence electrons. The first-order valence-electron chi connectivity index (χ1n) is 10.2. The number of hydrogen-bond acceptors (Lipinski definition) is 4. The van der Waals surface area contributed by atoms with E-state index in [0.717, 1.165) is 22.5 Å². The molecule has 3 heterocycles. The fourth-order valence-corrected chi connectivity index (χ4v) is 5.42. The Bertz CT molecular complexity index is 1240. The lowest BCUT2D eigenvalue weighted by atomic mass is 9.81. The molecule has 0 aliphatic heterocycles. The number of fused-ring (bicyclic) bond motifs is 2. The van der Waals surface area contributed by atoms with Crippen LogP contribution in [0, 0.1) is 5.92 Å². The minimum Gasteiger partial charge on any atom is -0.455 e. The summed E-state index contributed by atoms with van der Waals surface area (Å²) in [4.78, 5) is 9.87. The Balaban J connectivity index is 1.49. The third kappa shape index (κ3) is 3.41. The molecule has 0 fully saturated rings. The predicted octanol–water partition coefficient (Wildman–Crippen LogP) is 5.48. The van der Waals surface area contributed by atoms with Crippen molar-refractivity contribution in [3.8, 4) is 11.5 Å². The van der Waals surface area contributed by atoms with E-state index in [2.05, 4.69) is 29.9 Å². The van der Waals surface area contributed by atoms with Crippen molar-refractivity contribution in [2.45, 2.75) is 37.5 Å². The van der Waals surface area contributed by atoms with E-state index >= 15 is 0 Å². The lowest BCUT2D eigenvalue weighted by Crippen LogP contribution is -2.16. The highest BCUT2D eigenvalue weighted by Gasteiger charge is 2.23. The number of benzene rings is 1. The van der Waals surface area contributed by atoms with Crippen LogP contribution in [0.3, 0.4) is 0 Å². The molecular formula is C24H23N3O2S. The zero-order valence-corrected chi connectivity index (χ0v) is 17.8. The number of rotatable bonds is 4. The first kappa shape index (κ1) is 19.0. The van der Waals surface area contributed by atoms with Crippen LogP contribution in [-0.2, 0) is 17.4 Å². The second-order valence-corrected chi connectivity index (χ2v) is 9.38. The van der Waals surface area contributed by atoms with Crippen LogP contribution in [0.25, 0.3) is 11.0 Å². The Morgan fingerprint density at radius 3 is 2.77 bits per heavy atom. The maximum Gasteiger partial charge on any atom is 0.158 e. The molecule has 1 aromatic carbocycles. The fraction of sp³-hybridized carbons (Fsp3) is 0.250. The minimum atomic E-state index is -1.37. The number of hydrogen-bond donors (Lipinski definition) is 0. The second kappa shape index (κ2) is 7.69. The normalized spacial score (nSPS) is 19.4. The lowest BCUT2D eigenvalue weighted by molar-refractivity contribution is 0.434. The molecule has 0 saturated carbocycles. The van der Waals surface area contributed by atoms with Gasteiger partial charge in [-0.25, -0.2) is 13.2 Å². The lowest BCUT2D eigenvalue weighted by Gasteiger charge is -2.26. The van der Waals surface area contributed by atoms with E-state index in [1.54, 1.807) is 22.6 Å². The zero-order chi connectivity index (χ0) is 20.7. The van der Waals surface area contributed by atoms with Crippen molar-refractivity contribution in [3.63, 3.8) is 0 Å². The van der Waals surface area contributed by atoms with E-state index in [9.17, 15) is 4.21 Å². The highest BCUT2D eigenvalue weighted by Crippen LogP contribution is 2.36. The molecule has 1 aliphatic carbocycles. The van der Waals surface area contributed by atoms with Crippen molar-refractivity contribution in [3.05, 3.63) is 78.4 Å². The molecule has 5 nitrogen and oxygen atoms in total. The molecule has 0 saturated heterocycles. The molecule has 0 bridgehead atoms. The zero-order valence-electron chi connectivity index (χ0n) is 17.0. The van der Waals surface area contributed by atoms with Crippen molar-refractivity contribution in [1.82, 2.24) is 13.9 Å². The van der Waals surface area contributed by atoms with Gasteiger partial charge in [0.25, 0.3) is 0 Å². The predicted molar refractivity (Wildman–Crippen MR) is 118 cm³/mol. The second-order valence-electron chi connectivity index (χ2n) is 8.01. The molecule has 0 N–H and O–H groups in total. The van der Waals surface area contributed by atoms with Gasteiger partial charge in [0.05, 0.1) is 16.5 Å². The fourth-order valence-electron chi connectivity index (χ4n) is 4.33. The third-order valence-electron chi connectivity index (χ3n) is 5.63. The van der Waals surface area contributed by atoms with Crippen LogP contribution in [-0.4, -0.2) is 18.1 Å². The maximum absolute atomic E-state index is 13.0. The van der Waals surface area contributed by atoms with Gasteiger partial charge < -0.3 is 4.74 Å². The molecule has 6 heteroatoms. The van der Waals surface area contributed by atoms with E-state index in [0.29, 0.717) is 23.2 Å². The molecule has 0 spiro atoms. The van der Waals surface area contributed by atoms with Gasteiger partial charge in [-0.2, -0.15) is 0 Å². The average molecular weight is 418 g/mol. The highest BCUT2D eigenvalue weighted by molar-refractivity contribution is 7.83. The van der Waals surface area contributed by atoms with Gasteiger partial charge in [0.2, 0.25) is 0 Å². The standard InChI is InChI=1S/C24H23N3O2S/c1-16-12-17(2)23-18(13-16)14-19(15-26-23)29-22-8-10-25-24-21(22)9-11-27(24)30(28)20-6-4-3-5-7-20/h3-11,14-17H,12-13H2,1-2H3. The summed E-state index contributed by atoms with van der Waals surface area (Å²) in [7, 11) is -1.37. The molecule has 3 atom stereocenters. The van der Waals surface area contributed by atoms with Crippen molar-refractivity contribution in [2.24, 2.45) is 5.92 Å². The van der Waals surface area contributed by atoms with E-state index < -0.39 is 11.0 Å². The van der Waals surface area contributed by atoms with Crippen LogP contribution in [0.15, 0.2) is 72.0 Å². The van der Waals surface area contributed by atoms with Crippen LogP contribution in [0.1, 0.15) is 37.4 Å². The van der Waals surface area contributed by atoms with Gasteiger partial charge in [-0.1, -0.05) is 32.0 Å². The quantitative estimate of drug-likeness (QED) is 0.441. The summed E-state index contributed by atoms with van der Waals surface area (Å²) in [5.41, 5.74) is 3.08. The summed E-state index contributed by atoms with van der Waals surface area (Å²) >= 11 is 0. The van der Waals surface area contributed by atoms with Crippen molar-refractivity contribution < 1.29 is 8.95 Å². The Morgan fingerprint density at radius 1 is 1.10 bits per heavy atom. The number of pyridine rings is 2. The summed E-state index contributed by atoms with van der Waals surface area (Å²) in [6.45, 7) is 4.53. The summed E-state index contributed by atoms with van der Waals surface area (Å²) in [6.07, 6.45) is 7.49. The van der Waals surface area contributed by atoms with E-state index in [-0.39, 0.29) is 0 Å². The summed E-state index contributed by atoms with van der Waals surface area (Å²) in [5, 5.41) is 0.821. The molecule has 1 aliphatic rings. The summed E-state index contributed by atoms with van der Waals surface area (Å²) in [5.74, 6) is 2.54. The third-order valence-corrected chi connectivity index (χ3v) is 6.96. The molecule has 30 heavy (non-hydrogen) atoms.